The van der Waals surface area contributed by atoms with Crippen LogP contribution in [0.2, 0.25) is 0 Å². The van der Waals surface area contributed by atoms with Gasteiger partial charge in [0.05, 0.1) is 18.4 Å². The van der Waals surface area contributed by atoms with Gasteiger partial charge in [0.2, 0.25) is 5.91 Å². The van der Waals surface area contributed by atoms with E-state index in [1.165, 1.54) is 5.56 Å². The second kappa shape index (κ2) is 9.03. The molecule has 0 radical (unpaired) electrons. The van der Waals surface area contributed by atoms with Crippen molar-refractivity contribution < 1.29 is 9.53 Å². The number of ether oxygens (including phenoxy) is 1. The van der Waals surface area contributed by atoms with Crippen LogP contribution in [0.3, 0.4) is 0 Å². The summed E-state index contributed by atoms with van der Waals surface area (Å²) in [5.41, 5.74) is 2.22. The minimum atomic E-state index is -0.0971. The van der Waals surface area contributed by atoms with E-state index in [1.807, 2.05) is 19.2 Å². The van der Waals surface area contributed by atoms with Crippen LogP contribution in [-0.4, -0.2) is 31.5 Å². The number of fused-ring (bicyclic) bond motifs is 1. The van der Waals surface area contributed by atoms with E-state index in [0.717, 1.165) is 23.1 Å². The normalized spacial score (nSPS) is 10.6. The molecule has 0 unspecified atom stereocenters. The van der Waals surface area contributed by atoms with Crippen LogP contribution in [0, 0.1) is 11.3 Å². The number of rotatable bonds is 7. The highest BCUT2D eigenvalue weighted by molar-refractivity contribution is 5.92. The lowest BCUT2D eigenvalue weighted by Crippen LogP contribution is -2.24. The van der Waals surface area contributed by atoms with Crippen LogP contribution in [0.15, 0.2) is 60.7 Å². The van der Waals surface area contributed by atoms with Gasteiger partial charge in [-0.3, -0.25) is 4.79 Å². The van der Waals surface area contributed by atoms with Gasteiger partial charge in [-0.15, -0.1) is 0 Å². The summed E-state index contributed by atoms with van der Waals surface area (Å²) >= 11 is 0. The Balaban J connectivity index is 1.55. The number of hydrogen-bond donors (Lipinski definition) is 1. The molecule has 1 N–H and O–H groups in total. The number of anilines is 1. The van der Waals surface area contributed by atoms with Gasteiger partial charge in [0, 0.05) is 19.5 Å². The second-order valence-corrected chi connectivity index (χ2v) is 6.74. The molecule has 0 fully saturated rings. The molecule has 5 nitrogen and oxygen atoms in total. The summed E-state index contributed by atoms with van der Waals surface area (Å²) in [5.74, 6) is 0.751. The van der Waals surface area contributed by atoms with Gasteiger partial charge in [0.1, 0.15) is 11.8 Å². The van der Waals surface area contributed by atoms with Crippen molar-refractivity contribution in [3.05, 3.63) is 71.8 Å². The summed E-state index contributed by atoms with van der Waals surface area (Å²) in [4.78, 5) is 14.3. The molecule has 0 saturated carbocycles. The minimum Gasteiger partial charge on any atom is -0.497 e. The number of hydrogen-bond acceptors (Lipinski definition) is 4. The maximum atomic E-state index is 12.2. The molecule has 0 aliphatic rings. The lowest BCUT2D eigenvalue weighted by molar-refractivity contribution is -0.116. The SMILES string of the molecule is COc1ccc2cc(CN(C)CCC(=O)Nc3ccccc3C#N)ccc2c1. The maximum Gasteiger partial charge on any atom is 0.225 e. The van der Waals surface area contributed by atoms with Crippen molar-refractivity contribution in [2.45, 2.75) is 13.0 Å². The van der Waals surface area contributed by atoms with E-state index in [-0.39, 0.29) is 5.91 Å². The Morgan fingerprint density at radius 2 is 1.86 bits per heavy atom. The Morgan fingerprint density at radius 3 is 2.64 bits per heavy atom. The number of nitrogens with one attached hydrogen (secondary N) is 1. The van der Waals surface area contributed by atoms with Gasteiger partial charge in [0.25, 0.3) is 0 Å². The third-order valence-corrected chi connectivity index (χ3v) is 4.61. The van der Waals surface area contributed by atoms with Crippen LogP contribution < -0.4 is 10.1 Å². The largest absolute Gasteiger partial charge is 0.497 e. The average molecular weight is 373 g/mol. The third-order valence-electron chi connectivity index (χ3n) is 4.61. The van der Waals surface area contributed by atoms with Gasteiger partial charge < -0.3 is 15.0 Å². The van der Waals surface area contributed by atoms with Gasteiger partial charge in [-0.25, -0.2) is 0 Å². The number of nitriles is 1. The monoisotopic (exact) mass is 373 g/mol. The molecule has 1 amide bonds. The molecular weight excluding hydrogens is 350 g/mol. The Labute approximate surface area is 165 Å². The van der Waals surface area contributed by atoms with Gasteiger partial charge in [0.15, 0.2) is 0 Å². The maximum absolute atomic E-state index is 12.2. The average Bonchev–Trinajstić information content (AvgIpc) is 2.72. The number of carbonyl (C=O) groups is 1. The molecule has 3 rings (SSSR count). The Morgan fingerprint density at radius 1 is 1.11 bits per heavy atom. The fraction of sp³-hybridized carbons (Fsp3) is 0.217. The van der Waals surface area contributed by atoms with Gasteiger partial charge in [-0.05, 0) is 53.7 Å². The smallest absolute Gasteiger partial charge is 0.225 e. The molecule has 3 aromatic carbocycles. The number of para-hydroxylation sites is 1. The lowest BCUT2D eigenvalue weighted by Gasteiger charge is -2.17. The van der Waals surface area contributed by atoms with Crippen LogP contribution in [0.4, 0.5) is 5.69 Å². The van der Waals surface area contributed by atoms with E-state index in [4.69, 9.17) is 10.00 Å². The van der Waals surface area contributed by atoms with Crippen molar-refractivity contribution in [1.29, 1.82) is 5.26 Å². The van der Waals surface area contributed by atoms with Crippen molar-refractivity contribution in [1.82, 2.24) is 4.90 Å². The first-order valence-corrected chi connectivity index (χ1v) is 9.13. The molecule has 0 aliphatic heterocycles. The predicted octanol–water partition coefficient (Wildman–Crippen LogP) is 4.18. The number of benzene rings is 3. The first-order valence-electron chi connectivity index (χ1n) is 9.13. The number of carbonyl (C=O) groups excluding carboxylic acids is 1. The summed E-state index contributed by atoms with van der Waals surface area (Å²) in [6.45, 7) is 1.38. The summed E-state index contributed by atoms with van der Waals surface area (Å²) in [5, 5.41) is 14.2. The molecule has 5 heteroatoms. The van der Waals surface area contributed by atoms with E-state index in [0.29, 0.717) is 24.2 Å². The van der Waals surface area contributed by atoms with Crippen molar-refractivity contribution in [2.24, 2.45) is 0 Å². The number of amides is 1. The van der Waals surface area contributed by atoms with E-state index in [9.17, 15) is 4.79 Å². The van der Waals surface area contributed by atoms with E-state index >= 15 is 0 Å². The fourth-order valence-electron chi connectivity index (χ4n) is 3.08. The van der Waals surface area contributed by atoms with Crippen LogP contribution in [0.1, 0.15) is 17.5 Å². The molecule has 0 saturated heterocycles. The summed E-state index contributed by atoms with van der Waals surface area (Å²) < 4.78 is 5.26. The zero-order valence-corrected chi connectivity index (χ0v) is 16.1. The van der Waals surface area contributed by atoms with E-state index in [1.54, 1.807) is 31.4 Å². The van der Waals surface area contributed by atoms with E-state index < -0.39 is 0 Å². The topological polar surface area (TPSA) is 65.4 Å². The molecule has 0 aromatic heterocycles. The van der Waals surface area contributed by atoms with Gasteiger partial charge in [-0.2, -0.15) is 5.26 Å². The number of nitrogens with zero attached hydrogens (tertiary/aromatic N) is 2. The third kappa shape index (κ3) is 4.87. The predicted molar refractivity (Wildman–Crippen MR) is 111 cm³/mol. The van der Waals surface area contributed by atoms with Gasteiger partial charge in [-0.1, -0.05) is 30.3 Å². The first kappa shape index (κ1) is 19.4. The van der Waals surface area contributed by atoms with Crippen molar-refractivity contribution in [3.63, 3.8) is 0 Å². The molecule has 3 aromatic rings. The minimum absolute atomic E-state index is 0.0971. The van der Waals surface area contributed by atoms with Crippen LogP contribution in [0.5, 0.6) is 5.75 Å². The Bertz CT molecular complexity index is 1020. The van der Waals surface area contributed by atoms with Crippen LogP contribution >= 0.6 is 0 Å². The molecule has 142 valence electrons. The zero-order chi connectivity index (χ0) is 19.9. The van der Waals surface area contributed by atoms with E-state index in [2.05, 4.69) is 40.6 Å². The first-order chi connectivity index (χ1) is 13.6. The van der Waals surface area contributed by atoms with Gasteiger partial charge >= 0.3 is 0 Å². The van der Waals surface area contributed by atoms with Crippen molar-refractivity contribution >= 4 is 22.4 Å². The van der Waals surface area contributed by atoms with Crippen LogP contribution in [0.25, 0.3) is 10.8 Å². The molecular formula is C23H23N3O2. The molecule has 0 aliphatic carbocycles. The summed E-state index contributed by atoms with van der Waals surface area (Å²) in [6, 6.07) is 21.5. The lowest BCUT2D eigenvalue weighted by atomic mass is 10.1. The molecule has 0 bridgehead atoms. The summed E-state index contributed by atoms with van der Waals surface area (Å²) in [7, 11) is 3.66. The highest BCUT2D eigenvalue weighted by atomic mass is 16.5. The highest BCUT2D eigenvalue weighted by Crippen LogP contribution is 2.22. The molecule has 0 atom stereocenters. The molecule has 0 heterocycles. The van der Waals surface area contributed by atoms with Crippen molar-refractivity contribution in [2.75, 3.05) is 26.0 Å². The number of methoxy groups -OCH3 is 1. The fourth-order valence-corrected chi connectivity index (χ4v) is 3.08. The van der Waals surface area contributed by atoms with Crippen LogP contribution in [-0.2, 0) is 11.3 Å². The quantitative estimate of drug-likeness (QED) is 0.675. The summed E-state index contributed by atoms with van der Waals surface area (Å²) in [6.07, 6.45) is 0.362. The standard InChI is InChI=1S/C23H23N3O2/c1-26(12-11-23(27)25-22-6-4-3-5-20(22)15-24)16-17-7-8-19-14-21(28-2)10-9-18(19)13-17/h3-10,13-14H,11-12,16H2,1-2H3,(H,25,27). The zero-order valence-electron chi connectivity index (χ0n) is 16.1. The Hall–Kier alpha value is -3.36. The Kier molecular flexibility index (Phi) is 6.25. The molecule has 28 heavy (non-hydrogen) atoms. The second-order valence-electron chi connectivity index (χ2n) is 6.74. The van der Waals surface area contributed by atoms with Crippen molar-refractivity contribution in [3.8, 4) is 11.8 Å². The highest BCUT2D eigenvalue weighted by Gasteiger charge is 2.09. The molecule has 0 spiro atoms.